The van der Waals surface area contributed by atoms with Crippen molar-refractivity contribution in [3.05, 3.63) is 64.2 Å². The average Bonchev–Trinajstić information content (AvgIpc) is 3.04. The van der Waals surface area contributed by atoms with Crippen LogP contribution in [0.5, 0.6) is 0 Å². The Hall–Kier alpha value is -3.09. The van der Waals surface area contributed by atoms with E-state index in [4.69, 9.17) is 5.73 Å². The Bertz CT molecular complexity index is 764. The van der Waals surface area contributed by atoms with Crippen molar-refractivity contribution in [1.82, 2.24) is 0 Å². The predicted molar refractivity (Wildman–Crippen MR) is 92.3 cm³/mol. The van der Waals surface area contributed by atoms with Gasteiger partial charge >= 0.3 is 0 Å². The summed E-state index contributed by atoms with van der Waals surface area (Å²) in [6.07, 6.45) is 0.879. The molecule has 0 aliphatic carbocycles. The zero-order valence-electron chi connectivity index (χ0n) is 13.0. The van der Waals surface area contributed by atoms with Gasteiger partial charge in [-0.2, -0.15) is 0 Å². The molecular formula is C17H18N4O3. The molecule has 0 radical (unpaired) electrons. The fraction of sp³-hybridized carbons (Fsp3) is 0.235. The maximum Gasteiger partial charge on any atom is 0.293 e. The van der Waals surface area contributed by atoms with Crippen LogP contribution in [0.2, 0.25) is 0 Å². The summed E-state index contributed by atoms with van der Waals surface area (Å²) in [5, 5.41) is 14.5. The summed E-state index contributed by atoms with van der Waals surface area (Å²) in [5.41, 5.74) is 6.73. The van der Waals surface area contributed by atoms with Gasteiger partial charge < -0.3 is 16.0 Å². The summed E-state index contributed by atoms with van der Waals surface area (Å²) in [7, 11) is 0. The minimum atomic E-state index is -0.680. The summed E-state index contributed by atoms with van der Waals surface area (Å²) >= 11 is 0. The largest absolute Gasteiger partial charge is 0.375 e. The lowest BCUT2D eigenvalue weighted by Crippen LogP contribution is -2.26. The van der Waals surface area contributed by atoms with Crippen LogP contribution in [0.4, 0.5) is 17.1 Å². The van der Waals surface area contributed by atoms with Crippen LogP contribution in [0.15, 0.2) is 48.5 Å². The fourth-order valence-electron chi connectivity index (χ4n) is 2.93. The van der Waals surface area contributed by atoms with Gasteiger partial charge in [0.05, 0.1) is 4.92 Å². The van der Waals surface area contributed by atoms with Crippen LogP contribution in [-0.2, 0) is 0 Å². The van der Waals surface area contributed by atoms with Gasteiger partial charge in [-0.15, -0.1) is 0 Å². The number of nitro benzene ring substituents is 1. The second-order valence-electron chi connectivity index (χ2n) is 5.76. The highest BCUT2D eigenvalue weighted by molar-refractivity contribution is 5.94. The van der Waals surface area contributed by atoms with Crippen molar-refractivity contribution in [3.63, 3.8) is 0 Å². The first-order valence-electron chi connectivity index (χ1n) is 7.69. The second-order valence-corrected chi connectivity index (χ2v) is 5.76. The molecule has 0 unspecified atom stereocenters. The normalized spacial score (nSPS) is 16.8. The third-order valence-corrected chi connectivity index (χ3v) is 4.15. The molecule has 3 N–H and O–H groups in total. The number of hydrogen-bond acceptors (Lipinski definition) is 5. The highest BCUT2D eigenvalue weighted by atomic mass is 16.6. The molecule has 1 atom stereocenters. The molecule has 1 saturated heterocycles. The molecule has 7 heteroatoms. The van der Waals surface area contributed by atoms with Gasteiger partial charge in [-0.05, 0) is 30.7 Å². The van der Waals surface area contributed by atoms with Crippen molar-refractivity contribution in [2.45, 2.75) is 12.5 Å². The minimum Gasteiger partial charge on any atom is -0.375 e. The van der Waals surface area contributed by atoms with Crippen LogP contribution in [0, 0.1) is 10.1 Å². The number of nitrogens with zero attached hydrogens (tertiary/aromatic N) is 2. The van der Waals surface area contributed by atoms with Gasteiger partial charge in [0.15, 0.2) is 0 Å². The lowest BCUT2D eigenvalue weighted by molar-refractivity contribution is -0.384. The third-order valence-electron chi connectivity index (χ3n) is 4.15. The SMILES string of the molecule is NC(=O)c1ccc(N[C@@H]2CCN(c3ccccc3)C2)c([N+](=O)[O-])c1. The number of carbonyl (C=O) groups excluding carboxylic acids is 1. The molecule has 0 spiro atoms. The Morgan fingerprint density at radius 3 is 2.67 bits per heavy atom. The molecule has 1 fully saturated rings. The van der Waals surface area contributed by atoms with Crippen LogP contribution in [-0.4, -0.2) is 30.0 Å². The molecule has 1 aliphatic rings. The zero-order valence-corrected chi connectivity index (χ0v) is 13.0. The molecule has 0 aromatic heterocycles. The molecule has 0 saturated carbocycles. The van der Waals surface area contributed by atoms with E-state index >= 15 is 0 Å². The van der Waals surface area contributed by atoms with E-state index < -0.39 is 10.8 Å². The Balaban J connectivity index is 1.75. The first kappa shape index (κ1) is 15.8. The number of nitrogens with two attached hydrogens (primary N) is 1. The molecular weight excluding hydrogens is 308 g/mol. The van der Waals surface area contributed by atoms with Gasteiger partial charge in [-0.3, -0.25) is 14.9 Å². The number of para-hydroxylation sites is 1. The molecule has 7 nitrogen and oxygen atoms in total. The lowest BCUT2D eigenvalue weighted by Gasteiger charge is -2.19. The van der Waals surface area contributed by atoms with Crippen LogP contribution in [0.25, 0.3) is 0 Å². The zero-order chi connectivity index (χ0) is 17.1. The van der Waals surface area contributed by atoms with E-state index in [-0.39, 0.29) is 17.3 Å². The van der Waals surface area contributed by atoms with Gasteiger partial charge in [0.25, 0.3) is 5.69 Å². The predicted octanol–water partition coefficient (Wildman–Crippen LogP) is 2.38. The average molecular weight is 326 g/mol. The van der Waals surface area contributed by atoms with Crippen molar-refractivity contribution in [2.75, 3.05) is 23.3 Å². The van der Waals surface area contributed by atoms with E-state index in [0.717, 1.165) is 25.2 Å². The van der Waals surface area contributed by atoms with Gasteiger partial charge in [0.1, 0.15) is 5.69 Å². The Labute approximate surface area is 139 Å². The summed E-state index contributed by atoms with van der Waals surface area (Å²) in [5.74, 6) is -0.680. The summed E-state index contributed by atoms with van der Waals surface area (Å²) in [4.78, 5) is 24.2. The number of nitrogens with one attached hydrogen (secondary N) is 1. The van der Waals surface area contributed by atoms with E-state index in [2.05, 4.69) is 10.2 Å². The maximum atomic E-state index is 11.3. The minimum absolute atomic E-state index is 0.100. The van der Waals surface area contributed by atoms with E-state index in [9.17, 15) is 14.9 Å². The standard InChI is InChI=1S/C17H18N4O3/c18-17(22)12-6-7-15(16(10-12)21(23)24)19-13-8-9-20(11-13)14-4-2-1-3-5-14/h1-7,10,13,19H,8-9,11H2,(H2,18,22)/t13-/m1/s1. The topological polar surface area (TPSA) is 102 Å². The van der Waals surface area contributed by atoms with Gasteiger partial charge in [-0.25, -0.2) is 0 Å². The van der Waals surface area contributed by atoms with Gasteiger partial charge in [-0.1, -0.05) is 18.2 Å². The fourth-order valence-corrected chi connectivity index (χ4v) is 2.93. The number of carbonyl (C=O) groups is 1. The molecule has 0 bridgehead atoms. The first-order chi connectivity index (χ1) is 11.5. The Kier molecular flexibility index (Phi) is 4.33. The van der Waals surface area contributed by atoms with Gasteiger partial charge in [0, 0.05) is 36.4 Å². The number of primary amides is 1. The lowest BCUT2D eigenvalue weighted by atomic mass is 10.1. The molecule has 1 heterocycles. The first-order valence-corrected chi connectivity index (χ1v) is 7.69. The molecule has 2 aromatic carbocycles. The number of nitro groups is 1. The van der Waals surface area contributed by atoms with Crippen molar-refractivity contribution in [2.24, 2.45) is 5.73 Å². The maximum absolute atomic E-state index is 11.3. The number of amides is 1. The molecule has 24 heavy (non-hydrogen) atoms. The smallest absolute Gasteiger partial charge is 0.293 e. The quantitative estimate of drug-likeness (QED) is 0.649. The molecule has 1 aliphatic heterocycles. The summed E-state index contributed by atoms with van der Waals surface area (Å²) in [6, 6.07) is 14.4. The molecule has 2 aromatic rings. The van der Waals surface area contributed by atoms with Crippen molar-refractivity contribution in [3.8, 4) is 0 Å². The van der Waals surface area contributed by atoms with Crippen molar-refractivity contribution < 1.29 is 9.72 Å². The highest BCUT2D eigenvalue weighted by Crippen LogP contribution is 2.28. The summed E-state index contributed by atoms with van der Waals surface area (Å²) < 4.78 is 0. The van der Waals surface area contributed by atoms with Crippen molar-refractivity contribution in [1.29, 1.82) is 0 Å². The highest BCUT2D eigenvalue weighted by Gasteiger charge is 2.25. The van der Waals surface area contributed by atoms with Crippen molar-refractivity contribution >= 4 is 23.0 Å². The molecule has 3 rings (SSSR count). The van der Waals surface area contributed by atoms with Crippen LogP contribution in [0.3, 0.4) is 0 Å². The number of benzene rings is 2. The Morgan fingerprint density at radius 2 is 2.00 bits per heavy atom. The third kappa shape index (κ3) is 3.29. The summed E-state index contributed by atoms with van der Waals surface area (Å²) in [6.45, 7) is 1.65. The van der Waals surface area contributed by atoms with E-state index in [1.165, 1.54) is 12.1 Å². The number of hydrogen-bond donors (Lipinski definition) is 2. The van der Waals surface area contributed by atoms with Crippen LogP contribution >= 0.6 is 0 Å². The molecule has 124 valence electrons. The van der Waals surface area contributed by atoms with Gasteiger partial charge in [0.2, 0.25) is 5.91 Å². The monoisotopic (exact) mass is 326 g/mol. The number of rotatable bonds is 5. The second kappa shape index (κ2) is 6.57. The van der Waals surface area contributed by atoms with Crippen LogP contribution in [0.1, 0.15) is 16.8 Å². The van der Waals surface area contributed by atoms with E-state index in [0.29, 0.717) is 5.69 Å². The van der Waals surface area contributed by atoms with Crippen LogP contribution < -0.4 is 16.0 Å². The number of anilines is 2. The molecule has 1 amide bonds. The van der Waals surface area contributed by atoms with E-state index in [1.54, 1.807) is 6.07 Å². The van der Waals surface area contributed by atoms with E-state index in [1.807, 2.05) is 30.3 Å². The Morgan fingerprint density at radius 1 is 1.25 bits per heavy atom.